The molecule has 0 aliphatic heterocycles. The van der Waals surface area contributed by atoms with Gasteiger partial charge in [-0.25, -0.2) is 13.6 Å². The second kappa shape index (κ2) is 7.39. The minimum Gasteiger partial charge on any atom is -0.492 e. The van der Waals surface area contributed by atoms with Crippen LogP contribution in [0.2, 0.25) is 0 Å². The Morgan fingerprint density at radius 1 is 1.38 bits per heavy atom. The van der Waals surface area contributed by atoms with Gasteiger partial charge in [0.15, 0.2) is 0 Å². The van der Waals surface area contributed by atoms with Crippen LogP contribution in [-0.2, 0) is 19.6 Å². The average molecular weight is 316 g/mol. The first-order valence-electron chi connectivity index (χ1n) is 6.45. The molecule has 0 unspecified atom stereocenters. The van der Waals surface area contributed by atoms with Gasteiger partial charge in [-0.3, -0.25) is 4.79 Å². The molecule has 0 saturated heterocycles. The summed E-state index contributed by atoms with van der Waals surface area (Å²) >= 11 is 0. The molecule has 118 valence electrons. The molecular weight excluding hydrogens is 296 g/mol. The maximum atomic E-state index is 11.6. The molecule has 0 fully saturated rings. The number of carbonyl (C=O) groups is 1. The van der Waals surface area contributed by atoms with Gasteiger partial charge in [0.05, 0.1) is 12.7 Å². The highest BCUT2D eigenvalue weighted by atomic mass is 32.2. The molecule has 8 heteroatoms. The Morgan fingerprint density at radius 3 is 2.57 bits per heavy atom. The third-order valence-electron chi connectivity index (χ3n) is 2.38. The summed E-state index contributed by atoms with van der Waals surface area (Å²) in [4.78, 5) is 11.5. The zero-order valence-corrected chi connectivity index (χ0v) is 13.1. The van der Waals surface area contributed by atoms with E-state index in [4.69, 9.17) is 14.6 Å². The van der Waals surface area contributed by atoms with E-state index < -0.39 is 10.0 Å². The molecule has 1 aromatic carbocycles. The number of sulfonamides is 1. The number of rotatable bonds is 7. The van der Waals surface area contributed by atoms with Crippen molar-refractivity contribution in [2.75, 3.05) is 18.5 Å². The molecule has 0 saturated carbocycles. The fourth-order valence-corrected chi connectivity index (χ4v) is 2.22. The van der Waals surface area contributed by atoms with Crippen LogP contribution in [-0.4, -0.2) is 33.6 Å². The van der Waals surface area contributed by atoms with Gasteiger partial charge in [-0.05, 0) is 39.0 Å². The summed E-state index contributed by atoms with van der Waals surface area (Å²) < 4.78 is 33.4. The predicted octanol–water partition coefficient (Wildman–Crippen LogP) is 1.10. The topological polar surface area (TPSA) is 108 Å². The summed E-state index contributed by atoms with van der Waals surface area (Å²) in [5, 5.41) is 7.68. The van der Waals surface area contributed by atoms with Crippen molar-refractivity contribution in [2.45, 2.75) is 31.8 Å². The van der Waals surface area contributed by atoms with Crippen molar-refractivity contribution in [1.29, 1.82) is 0 Å². The standard InChI is InChI=1S/C13H20N2O5S/c1-4-19-11-6-5-10(7-12(11)21(14,17)18)15-13(16)8-20-9(2)3/h5-7,9H,4,8H2,1-3H3,(H,15,16)(H2,14,17,18). The summed E-state index contributed by atoms with van der Waals surface area (Å²) in [7, 11) is -3.95. The van der Waals surface area contributed by atoms with Crippen molar-refractivity contribution in [3.8, 4) is 5.75 Å². The molecule has 0 atom stereocenters. The van der Waals surface area contributed by atoms with Gasteiger partial charge in [-0.15, -0.1) is 0 Å². The summed E-state index contributed by atoms with van der Waals surface area (Å²) in [6.07, 6.45) is -0.0731. The van der Waals surface area contributed by atoms with Gasteiger partial charge in [0, 0.05) is 5.69 Å². The highest BCUT2D eigenvalue weighted by Gasteiger charge is 2.16. The number of carbonyl (C=O) groups excluding carboxylic acids is 1. The third-order valence-corrected chi connectivity index (χ3v) is 3.31. The molecular formula is C13H20N2O5S. The molecule has 0 spiro atoms. The number of ether oxygens (including phenoxy) is 2. The van der Waals surface area contributed by atoms with E-state index in [1.54, 1.807) is 6.92 Å². The third kappa shape index (κ3) is 5.70. The van der Waals surface area contributed by atoms with E-state index in [0.29, 0.717) is 12.3 Å². The van der Waals surface area contributed by atoms with Gasteiger partial charge in [0.1, 0.15) is 17.3 Å². The maximum absolute atomic E-state index is 11.6. The van der Waals surface area contributed by atoms with E-state index in [-0.39, 0.29) is 29.3 Å². The van der Waals surface area contributed by atoms with Gasteiger partial charge in [-0.2, -0.15) is 0 Å². The lowest BCUT2D eigenvalue weighted by Crippen LogP contribution is -2.21. The summed E-state index contributed by atoms with van der Waals surface area (Å²) in [5.41, 5.74) is 0.305. The smallest absolute Gasteiger partial charge is 0.250 e. The molecule has 0 radical (unpaired) electrons. The molecule has 7 nitrogen and oxygen atoms in total. The molecule has 0 aromatic heterocycles. The lowest BCUT2D eigenvalue weighted by atomic mass is 10.3. The number of anilines is 1. The van der Waals surface area contributed by atoms with E-state index >= 15 is 0 Å². The number of benzene rings is 1. The van der Waals surface area contributed by atoms with Crippen molar-refractivity contribution in [3.63, 3.8) is 0 Å². The number of nitrogens with one attached hydrogen (secondary N) is 1. The van der Waals surface area contributed by atoms with E-state index in [1.807, 2.05) is 13.8 Å². The Kier molecular flexibility index (Phi) is 6.13. The Labute approximate surface area is 124 Å². The van der Waals surface area contributed by atoms with E-state index in [0.717, 1.165) is 0 Å². The zero-order valence-electron chi connectivity index (χ0n) is 12.3. The number of amides is 1. The quantitative estimate of drug-likeness (QED) is 0.783. The molecule has 1 amide bonds. The van der Waals surface area contributed by atoms with Crippen molar-refractivity contribution in [3.05, 3.63) is 18.2 Å². The minimum atomic E-state index is -3.95. The first-order chi connectivity index (χ1) is 9.74. The number of primary sulfonamides is 1. The maximum Gasteiger partial charge on any atom is 0.250 e. The van der Waals surface area contributed by atoms with Gasteiger partial charge in [-0.1, -0.05) is 0 Å². The van der Waals surface area contributed by atoms with Crippen LogP contribution in [0.3, 0.4) is 0 Å². The zero-order chi connectivity index (χ0) is 16.0. The normalized spacial score (nSPS) is 11.5. The lowest BCUT2D eigenvalue weighted by Gasteiger charge is -2.12. The summed E-state index contributed by atoms with van der Waals surface area (Å²) in [6.45, 7) is 5.53. The number of nitrogens with two attached hydrogens (primary N) is 1. The Bertz CT molecular complexity index is 599. The van der Waals surface area contributed by atoms with Crippen molar-refractivity contribution < 1.29 is 22.7 Å². The van der Waals surface area contributed by atoms with Crippen LogP contribution in [0.5, 0.6) is 5.75 Å². The molecule has 0 heterocycles. The second-order valence-electron chi connectivity index (χ2n) is 4.55. The van der Waals surface area contributed by atoms with E-state index in [2.05, 4.69) is 5.32 Å². The fraction of sp³-hybridized carbons (Fsp3) is 0.462. The van der Waals surface area contributed by atoms with Crippen LogP contribution >= 0.6 is 0 Å². The molecule has 0 aliphatic carbocycles. The van der Waals surface area contributed by atoms with Crippen LogP contribution in [0.4, 0.5) is 5.69 Å². The average Bonchev–Trinajstić information content (AvgIpc) is 2.37. The number of hydrogen-bond acceptors (Lipinski definition) is 5. The first-order valence-corrected chi connectivity index (χ1v) is 7.99. The van der Waals surface area contributed by atoms with Gasteiger partial charge in [0.25, 0.3) is 0 Å². The van der Waals surface area contributed by atoms with Crippen LogP contribution in [0.1, 0.15) is 20.8 Å². The van der Waals surface area contributed by atoms with Crippen LogP contribution < -0.4 is 15.2 Å². The molecule has 3 N–H and O–H groups in total. The Morgan fingerprint density at radius 2 is 2.05 bits per heavy atom. The first kappa shape index (κ1) is 17.4. The molecule has 1 aromatic rings. The van der Waals surface area contributed by atoms with Gasteiger partial charge >= 0.3 is 0 Å². The van der Waals surface area contributed by atoms with E-state index in [9.17, 15) is 13.2 Å². The van der Waals surface area contributed by atoms with E-state index in [1.165, 1.54) is 18.2 Å². The summed E-state index contributed by atoms with van der Waals surface area (Å²) in [6, 6.07) is 4.24. The van der Waals surface area contributed by atoms with Crippen LogP contribution in [0, 0.1) is 0 Å². The van der Waals surface area contributed by atoms with Crippen molar-refractivity contribution >= 4 is 21.6 Å². The van der Waals surface area contributed by atoms with Crippen LogP contribution in [0.15, 0.2) is 23.1 Å². The highest BCUT2D eigenvalue weighted by molar-refractivity contribution is 7.89. The summed E-state index contributed by atoms with van der Waals surface area (Å²) in [5.74, 6) is -0.232. The monoisotopic (exact) mass is 316 g/mol. The minimum absolute atomic E-state index is 0.0731. The molecule has 1 rings (SSSR count). The predicted molar refractivity (Wildman–Crippen MR) is 78.7 cm³/mol. The molecule has 21 heavy (non-hydrogen) atoms. The largest absolute Gasteiger partial charge is 0.492 e. The molecule has 0 bridgehead atoms. The fourth-order valence-electron chi connectivity index (χ4n) is 1.52. The van der Waals surface area contributed by atoms with Crippen molar-refractivity contribution in [2.24, 2.45) is 5.14 Å². The van der Waals surface area contributed by atoms with Gasteiger partial charge in [0.2, 0.25) is 15.9 Å². The lowest BCUT2D eigenvalue weighted by molar-refractivity contribution is -0.121. The van der Waals surface area contributed by atoms with Crippen LogP contribution in [0.25, 0.3) is 0 Å². The van der Waals surface area contributed by atoms with Gasteiger partial charge < -0.3 is 14.8 Å². The second-order valence-corrected chi connectivity index (χ2v) is 6.08. The highest BCUT2D eigenvalue weighted by Crippen LogP contribution is 2.26. The Hall–Kier alpha value is -1.64. The SMILES string of the molecule is CCOc1ccc(NC(=O)COC(C)C)cc1S(N)(=O)=O. The number of hydrogen-bond donors (Lipinski definition) is 2. The van der Waals surface area contributed by atoms with Crippen molar-refractivity contribution in [1.82, 2.24) is 0 Å². The Balaban J connectivity index is 2.93. The molecule has 0 aliphatic rings.